The van der Waals surface area contributed by atoms with E-state index in [2.05, 4.69) is 26.9 Å². The first-order chi connectivity index (χ1) is 15.5. The Bertz CT molecular complexity index is 1080. The van der Waals surface area contributed by atoms with Crippen molar-refractivity contribution in [2.24, 2.45) is 0 Å². The van der Waals surface area contributed by atoms with Gasteiger partial charge in [-0.25, -0.2) is 14.8 Å². The number of anilines is 2. The van der Waals surface area contributed by atoms with Gasteiger partial charge < -0.3 is 19.6 Å². The molecule has 1 saturated heterocycles. The van der Waals surface area contributed by atoms with Gasteiger partial charge >= 0.3 is 5.97 Å². The summed E-state index contributed by atoms with van der Waals surface area (Å²) in [6.45, 7) is 5.58. The van der Waals surface area contributed by atoms with Crippen LogP contribution in [0, 0.1) is 6.92 Å². The minimum absolute atomic E-state index is 0.295. The first-order valence-electron chi connectivity index (χ1n) is 10.5. The van der Waals surface area contributed by atoms with E-state index >= 15 is 0 Å². The van der Waals surface area contributed by atoms with Crippen molar-refractivity contribution in [1.82, 2.24) is 9.97 Å². The maximum absolute atomic E-state index is 11.2. The highest BCUT2D eigenvalue weighted by atomic mass is 32.2. The van der Waals surface area contributed by atoms with Gasteiger partial charge in [-0.15, -0.1) is 0 Å². The molecule has 166 valence electrons. The molecule has 0 unspecified atom stereocenters. The molecule has 0 aliphatic carbocycles. The third kappa shape index (κ3) is 5.31. The number of aromatic nitrogens is 2. The van der Waals surface area contributed by atoms with Crippen molar-refractivity contribution in [2.45, 2.75) is 17.8 Å². The largest absolute Gasteiger partial charge is 0.497 e. The molecule has 1 aromatic heterocycles. The molecule has 0 amide bonds. The summed E-state index contributed by atoms with van der Waals surface area (Å²) in [5.74, 6) is 1.51. The van der Waals surface area contributed by atoms with Crippen LogP contribution in [0.2, 0.25) is 0 Å². The zero-order chi connectivity index (χ0) is 22.5. The summed E-state index contributed by atoms with van der Waals surface area (Å²) in [5.41, 5.74) is 3.36. The number of ether oxygens (including phenoxy) is 1. The third-order valence-corrected chi connectivity index (χ3v) is 6.32. The van der Waals surface area contributed by atoms with Crippen LogP contribution >= 0.6 is 11.8 Å². The Morgan fingerprint density at radius 1 is 1.03 bits per heavy atom. The van der Waals surface area contributed by atoms with Crippen LogP contribution in [0.1, 0.15) is 21.6 Å². The Labute approximate surface area is 192 Å². The molecule has 3 aromatic rings. The summed E-state index contributed by atoms with van der Waals surface area (Å²) in [6, 6.07) is 17.2. The average molecular weight is 451 g/mol. The lowest BCUT2D eigenvalue weighted by atomic mass is 10.1. The molecule has 0 saturated carbocycles. The van der Waals surface area contributed by atoms with Crippen LogP contribution in [0.4, 0.5) is 11.5 Å². The molecule has 8 heteroatoms. The Balaban J connectivity index is 1.39. The number of hydrogen-bond acceptors (Lipinski definition) is 7. The zero-order valence-corrected chi connectivity index (χ0v) is 19.0. The SMILES string of the molecule is COc1ccc(N2CCN(c3cc(C)nc(SCc4cccc(C(=O)O)c4)n3)CC2)cc1. The Morgan fingerprint density at radius 3 is 2.44 bits per heavy atom. The predicted molar refractivity (Wildman–Crippen MR) is 127 cm³/mol. The van der Waals surface area contributed by atoms with Gasteiger partial charge in [-0.05, 0) is 48.9 Å². The number of carboxylic acid groups (broad SMARTS) is 1. The van der Waals surface area contributed by atoms with E-state index in [1.54, 1.807) is 25.3 Å². The minimum Gasteiger partial charge on any atom is -0.497 e. The van der Waals surface area contributed by atoms with E-state index in [4.69, 9.17) is 9.72 Å². The highest BCUT2D eigenvalue weighted by Gasteiger charge is 2.19. The average Bonchev–Trinajstić information content (AvgIpc) is 2.83. The lowest BCUT2D eigenvalue weighted by Gasteiger charge is -2.36. The fourth-order valence-electron chi connectivity index (χ4n) is 3.68. The van der Waals surface area contributed by atoms with Crippen molar-refractivity contribution in [3.05, 3.63) is 71.4 Å². The first kappa shape index (κ1) is 22.0. The number of thioether (sulfide) groups is 1. The maximum atomic E-state index is 11.2. The molecule has 1 fully saturated rings. The Hall–Kier alpha value is -3.26. The summed E-state index contributed by atoms with van der Waals surface area (Å²) in [4.78, 5) is 25.2. The van der Waals surface area contributed by atoms with Gasteiger partial charge in [-0.2, -0.15) is 0 Å². The molecule has 1 N–H and O–H groups in total. The van der Waals surface area contributed by atoms with E-state index in [0.29, 0.717) is 16.5 Å². The lowest BCUT2D eigenvalue weighted by Crippen LogP contribution is -2.46. The minimum atomic E-state index is -0.917. The quantitative estimate of drug-likeness (QED) is 0.426. The van der Waals surface area contributed by atoms with Gasteiger partial charge in [0.2, 0.25) is 0 Å². The number of carboxylic acids is 1. The maximum Gasteiger partial charge on any atom is 0.335 e. The normalized spacial score (nSPS) is 13.8. The molecule has 2 heterocycles. The van der Waals surface area contributed by atoms with Gasteiger partial charge in [0.25, 0.3) is 0 Å². The lowest BCUT2D eigenvalue weighted by molar-refractivity contribution is 0.0696. The van der Waals surface area contributed by atoms with Crippen LogP contribution in [-0.2, 0) is 5.75 Å². The number of benzene rings is 2. The van der Waals surface area contributed by atoms with E-state index in [1.807, 2.05) is 31.2 Å². The first-order valence-corrected chi connectivity index (χ1v) is 11.4. The molecule has 0 radical (unpaired) electrons. The predicted octanol–water partition coefficient (Wildman–Crippen LogP) is 4.11. The van der Waals surface area contributed by atoms with Crippen LogP contribution < -0.4 is 14.5 Å². The topological polar surface area (TPSA) is 78.8 Å². The summed E-state index contributed by atoms with van der Waals surface area (Å²) < 4.78 is 5.25. The molecular weight excluding hydrogens is 424 g/mol. The van der Waals surface area contributed by atoms with Gasteiger partial charge in [-0.3, -0.25) is 0 Å². The van der Waals surface area contributed by atoms with E-state index in [1.165, 1.54) is 17.4 Å². The van der Waals surface area contributed by atoms with Gasteiger partial charge in [0.1, 0.15) is 11.6 Å². The van der Waals surface area contributed by atoms with Crippen molar-refractivity contribution in [1.29, 1.82) is 0 Å². The second-order valence-electron chi connectivity index (χ2n) is 7.62. The van der Waals surface area contributed by atoms with Gasteiger partial charge in [0.05, 0.1) is 12.7 Å². The second kappa shape index (κ2) is 9.91. The fourth-order valence-corrected chi connectivity index (χ4v) is 4.52. The number of piperazine rings is 1. The summed E-state index contributed by atoms with van der Waals surface area (Å²) >= 11 is 1.52. The number of methoxy groups -OCH3 is 1. The van der Waals surface area contributed by atoms with E-state index in [-0.39, 0.29) is 0 Å². The summed E-state index contributed by atoms with van der Waals surface area (Å²) in [5, 5.41) is 9.89. The molecule has 1 aliphatic heterocycles. The van der Waals surface area contributed by atoms with Crippen LogP contribution in [-0.4, -0.2) is 54.3 Å². The number of aryl methyl sites for hydroxylation is 1. The number of aromatic carboxylic acids is 1. The number of carbonyl (C=O) groups is 1. The third-order valence-electron chi connectivity index (χ3n) is 5.40. The van der Waals surface area contributed by atoms with Crippen molar-refractivity contribution in [3.8, 4) is 5.75 Å². The van der Waals surface area contributed by atoms with Gasteiger partial charge in [-0.1, -0.05) is 23.9 Å². The Kier molecular flexibility index (Phi) is 6.80. The van der Waals surface area contributed by atoms with E-state index in [0.717, 1.165) is 49.0 Å². The monoisotopic (exact) mass is 450 g/mol. The molecule has 0 spiro atoms. The number of hydrogen-bond donors (Lipinski definition) is 1. The zero-order valence-electron chi connectivity index (χ0n) is 18.2. The highest BCUT2D eigenvalue weighted by Crippen LogP contribution is 2.25. The molecular formula is C24H26N4O3S. The van der Waals surface area contributed by atoms with Crippen LogP contribution in [0.5, 0.6) is 5.75 Å². The molecule has 7 nitrogen and oxygen atoms in total. The van der Waals surface area contributed by atoms with E-state index in [9.17, 15) is 9.90 Å². The molecule has 1 aliphatic rings. The summed E-state index contributed by atoms with van der Waals surface area (Å²) in [7, 11) is 1.68. The van der Waals surface area contributed by atoms with Crippen molar-refractivity contribution in [2.75, 3.05) is 43.1 Å². The molecule has 32 heavy (non-hydrogen) atoms. The van der Waals surface area contributed by atoms with Gasteiger partial charge in [0.15, 0.2) is 5.16 Å². The number of nitrogens with zero attached hydrogens (tertiary/aromatic N) is 4. The van der Waals surface area contributed by atoms with Gasteiger partial charge in [0, 0.05) is 49.4 Å². The van der Waals surface area contributed by atoms with Crippen molar-refractivity contribution >= 4 is 29.2 Å². The standard InChI is InChI=1S/C24H26N4O3S/c1-17-14-22(26-24(25-17)32-16-18-4-3-5-19(15-18)23(29)30)28-12-10-27(11-13-28)20-6-8-21(31-2)9-7-20/h3-9,14-15H,10-13,16H2,1-2H3,(H,29,30). The van der Waals surface area contributed by atoms with Crippen LogP contribution in [0.15, 0.2) is 59.8 Å². The van der Waals surface area contributed by atoms with Crippen LogP contribution in [0.25, 0.3) is 0 Å². The fraction of sp³-hybridized carbons (Fsp3) is 0.292. The van der Waals surface area contributed by atoms with Crippen molar-refractivity contribution in [3.63, 3.8) is 0 Å². The van der Waals surface area contributed by atoms with Crippen LogP contribution in [0.3, 0.4) is 0 Å². The van der Waals surface area contributed by atoms with E-state index < -0.39 is 5.97 Å². The van der Waals surface area contributed by atoms with Crippen molar-refractivity contribution < 1.29 is 14.6 Å². The molecule has 0 atom stereocenters. The number of rotatable bonds is 7. The highest BCUT2D eigenvalue weighted by molar-refractivity contribution is 7.98. The molecule has 0 bridgehead atoms. The second-order valence-corrected chi connectivity index (χ2v) is 8.56. The summed E-state index contributed by atoms with van der Waals surface area (Å²) in [6.07, 6.45) is 0. The smallest absolute Gasteiger partial charge is 0.335 e. The molecule has 4 rings (SSSR count). The molecule has 2 aromatic carbocycles. The Morgan fingerprint density at radius 2 is 1.75 bits per heavy atom.